The Bertz CT molecular complexity index is 2060. The van der Waals surface area contributed by atoms with Gasteiger partial charge in [-0.3, -0.25) is 23.4 Å². The number of phosphoric ester groups is 1. The van der Waals surface area contributed by atoms with Gasteiger partial charge < -0.3 is 89.1 Å². The Kier molecular flexibility index (Phi) is 49.8. The van der Waals surface area contributed by atoms with Gasteiger partial charge in [0.15, 0.2) is 18.7 Å². The summed E-state index contributed by atoms with van der Waals surface area (Å²) in [5.41, 5.74) is 0. The summed E-state index contributed by atoms with van der Waals surface area (Å²) in [7, 11) is -5.69. The van der Waals surface area contributed by atoms with Crippen LogP contribution in [0.15, 0.2) is 12.2 Å². The monoisotopic (exact) mass is 1410 g/mol. The van der Waals surface area contributed by atoms with Gasteiger partial charge in [-0.2, -0.15) is 0 Å². The molecule has 2 aliphatic heterocycles. The van der Waals surface area contributed by atoms with Crippen molar-refractivity contribution in [2.45, 2.75) is 401 Å². The molecule has 0 amide bonds. The first-order valence-corrected chi connectivity index (χ1v) is 39.5. The molecule has 3 fully saturated rings. The molecule has 0 radical (unpaired) electrons. The number of rotatable bonds is 59. The van der Waals surface area contributed by atoms with Crippen LogP contribution in [0.25, 0.3) is 0 Å². The fourth-order valence-corrected chi connectivity index (χ4v) is 13.5. The molecule has 3 rings (SSSR count). The number of aliphatic hydroxyl groups excluding tert-OH is 10. The molecule has 24 nitrogen and oxygen atoms in total. The Morgan fingerprint density at radius 3 is 1.12 bits per heavy atom. The Hall–Kier alpha value is -2.30. The van der Waals surface area contributed by atoms with E-state index in [9.17, 15) is 74.9 Å². The first-order chi connectivity index (χ1) is 46.8. The second kappa shape index (κ2) is 54.4. The van der Waals surface area contributed by atoms with Gasteiger partial charge in [-0.1, -0.05) is 245 Å². The standard InChI is InChI=1S/C72H133O24P/c1-4-7-10-13-16-19-22-24-26-28-29-32-35-37-40-43-46-56(74)88-50-53(91-58(76)48-45-42-39-36-33-30-27-25-23-20-17-14-11-8-5-2)51-90-97(86,87)96-70-68(94-71-66(84)61(79)59(77)54(49-73)92-71)64(82)63(81)65(83)69(70)95-72-67(85)62(80)60(78)55(93-72)52-89-57(75)47-44-41-38-34-31-21-18-15-12-9-6-3/h20,23,53-55,59-73,77-85H,4-19,21-22,24-52H2,1-3H3,(H,86,87)/b23-20-. The Labute approximate surface area is 580 Å². The highest BCUT2D eigenvalue weighted by Crippen LogP contribution is 2.49. The van der Waals surface area contributed by atoms with Crippen LogP contribution < -0.4 is 0 Å². The van der Waals surface area contributed by atoms with Gasteiger partial charge in [0.25, 0.3) is 0 Å². The van der Waals surface area contributed by atoms with Crippen molar-refractivity contribution in [3.05, 3.63) is 12.2 Å². The molecule has 11 N–H and O–H groups in total. The number of unbranched alkanes of at least 4 members (excludes halogenated alkanes) is 36. The molecule has 25 heteroatoms. The predicted octanol–water partition coefficient (Wildman–Crippen LogP) is 10.4. The topological polar surface area (TPSA) is 374 Å². The van der Waals surface area contributed by atoms with Crippen molar-refractivity contribution in [1.82, 2.24) is 0 Å². The van der Waals surface area contributed by atoms with E-state index in [0.29, 0.717) is 19.3 Å². The average Bonchev–Trinajstić information content (AvgIpc) is 0.770. The summed E-state index contributed by atoms with van der Waals surface area (Å²) in [4.78, 5) is 51.0. The Morgan fingerprint density at radius 1 is 0.392 bits per heavy atom. The van der Waals surface area contributed by atoms with Crippen LogP contribution in [-0.4, -0.2) is 204 Å². The van der Waals surface area contributed by atoms with E-state index in [-0.39, 0.29) is 19.3 Å². The molecule has 0 aromatic heterocycles. The van der Waals surface area contributed by atoms with Crippen LogP contribution in [0.5, 0.6) is 0 Å². The fraction of sp³-hybridized carbons (Fsp3) is 0.931. The zero-order valence-electron chi connectivity index (χ0n) is 59.4. The summed E-state index contributed by atoms with van der Waals surface area (Å²) >= 11 is 0. The second-order valence-corrected chi connectivity index (χ2v) is 28.8. The van der Waals surface area contributed by atoms with E-state index < -0.39 is 156 Å². The molecule has 2 saturated heterocycles. The normalized spacial score (nSPS) is 27.8. The highest BCUT2D eigenvalue weighted by molar-refractivity contribution is 7.47. The number of hydrogen-bond acceptors (Lipinski definition) is 23. The molecule has 570 valence electrons. The lowest BCUT2D eigenvalue weighted by atomic mass is 9.84. The first kappa shape index (κ1) is 88.9. The molecule has 0 spiro atoms. The van der Waals surface area contributed by atoms with Gasteiger partial charge in [0.2, 0.25) is 0 Å². The molecule has 1 saturated carbocycles. The third-order valence-corrected chi connectivity index (χ3v) is 19.8. The van der Waals surface area contributed by atoms with Gasteiger partial charge >= 0.3 is 25.7 Å². The van der Waals surface area contributed by atoms with Crippen LogP contribution in [-0.2, 0) is 61.2 Å². The van der Waals surface area contributed by atoms with Gasteiger partial charge in [0.05, 0.1) is 13.2 Å². The lowest BCUT2D eigenvalue weighted by molar-refractivity contribution is -0.360. The molecule has 3 aliphatic rings. The minimum atomic E-state index is -5.69. The maximum absolute atomic E-state index is 14.3. The summed E-state index contributed by atoms with van der Waals surface area (Å²) in [6.45, 7) is 3.43. The minimum Gasteiger partial charge on any atom is -0.463 e. The number of esters is 3. The van der Waals surface area contributed by atoms with E-state index in [1.807, 2.05) is 0 Å². The number of carbonyl (C=O) groups is 3. The Balaban J connectivity index is 1.73. The Morgan fingerprint density at radius 2 is 0.722 bits per heavy atom. The lowest BCUT2D eigenvalue weighted by Crippen LogP contribution is -2.69. The van der Waals surface area contributed by atoms with Crippen molar-refractivity contribution < 1.29 is 117 Å². The van der Waals surface area contributed by atoms with Crippen molar-refractivity contribution in [2.24, 2.45) is 0 Å². The quantitative estimate of drug-likeness (QED) is 0.00886. The molecule has 0 aromatic carbocycles. The van der Waals surface area contributed by atoms with Crippen molar-refractivity contribution in [3.63, 3.8) is 0 Å². The zero-order valence-corrected chi connectivity index (χ0v) is 60.3. The molecule has 97 heavy (non-hydrogen) atoms. The van der Waals surface area contributed by atoms with Gasteiger partial charge in [-0.25, -0.2) is 4.57 Å². The number of phosphoric acid groups is 1. The summed E-state index contributed by atoms with van der Waals surface area (Å²) in [5.74, 6) is -1.98. The maximum Gasteiger partial charge on any atom is 0.472 e. The van der Waals surface area contributed by atoms with Crippen molar-refractivity contribution in [3.8, 4) is 0 Å². The molecule has 0 bridgehead atoms. The van der Waals surface area contributed by atoms with E-state index >= 15 is 0 Å². The van der Waals surface area contributed by atoms with Crippen LogP contribution >= 0.6 is 7.82 Å². The number of hydrogen-bond donors (Lipinski definition) is 11. The third kappa shape index (κ3) is 37.6. The van der Waals surface area contributed by atoms with Crippen LogP contribution in [0.3, 0.4) is 0 Å². The molecule has 0 aromatic rings. The number of aliphatic hydroxyl groups is 10. The van der Waals surface area contributed by atoms with Gasteiger partial charge in [0, 0.05) is 19.3 Å². The van der Waals surface area contributed by atoms with E-state index in [0.717, 1.165) is 109 Å². The van der Waals surface area contributed by atoms with Gasteiger partial charge in [-0.05, 0) is 44.9 Å². The summed E-state index contributed by atoms with van der Waals surface area (Å²) < 4.78 is 65.0. The highest BCUT2D eigenvalue weighted by Gasteiger charge is 2.58. The lowest BCUT2D eigenvalue weighted by Gasteiger charge is -2.49. The molecular formula is C72H133O24P. The smallest absolute Gasteiger partial charge is 0.463 e. The third-order valence-electron chi connectivity index (χ3n) is 18.8. The van der Waals surface area contributed by atoms with Crippen molar-refractivity contribution in [1.29, 1.82) is 0 Å². The molecule has 18 atom stereocenters. The van der Waals surface area contributed by atoms with E-state index in [1.54, 1.807) is 0 Å². The molecular weight excluding hydrogens is 1280 g/mol. The van der Waals surface area contributed by atoms with Gasteiger partial charge in [0.1, 0.15) is 98.7 Å². The summed E-state index contributed by atoms with van der Waals surface area (Å²) in [6, 6.07) is 0. The number of carbonyl (C=O) groups excluding carboxylic acids is 3. The van der Waals surface area contributed by atoms with Crippen LogP contribution in [0, 0.1) is 0 Å². The SMILES string of the molecule is CCCCCC/C=C\CCCCCCCCCC(=O)OC(COC(=O)CCCCCCCCCCCCCCCCCC)COP(=O)(O)OC1C(OC2OC(CO)C(O)C(O)C2O)C(O)C(O)C(O)C1OC1OC(COC(=O)CCCCCCCCCCCCC)C(O)C(O)C1O. The number of allylic oxidation sites excluding steroid dienone is 2. The minimum absolute atomic E-state index is 0.0315. The molecule has 2 heterocycles. The van der Waals surface area contributed by atoms with Crippen LogP contribution in [0.2, 0.25) is 0 Å². The largest absolute Gasteiger partial charge is 0.472 e. The summed E-state index contributed by atoms with van der Waals surface area (Å²) in [5, 5.41) is 110. The fourth-order valence-electron chi connectivity index (χ4n) is 12.6. The van der Waals surface area contributed by atoms with E-state index in [2.05, 4.69) is 32.9 Å². The average molecular weight is 1410 g/mol. The van der Waals surface area contributed by atoms with Gasteiger partial charge in [-0.15, -0.1) is 0 Å². The summed E-state index contributed by atoms with van der Waals surface area (Å²) in [6.07, 6.45) is 12.8. The van der Waals surface area contributed by atoms with E-state index in [1.165, 1.54) is 128 Å². The molecule has 1 aliphatic carbocycles. The molecule has 18 unspecified atom stereocenters. The van der Waals surface area contributed by atoms with Crippen LogP contribution in [0.1, 0.15) is 297 Å². The van der Waals surface area contributed by atoms with Crippen molar-refractivity contribution >= 4 is 25.7 Å². The van der Waals surface area contributed by atoms with Crippen molar-refractivity contribution in [2.75, 3.05) is 26.4 Å². The first-order valence-electron chi connectivity index (χ1n) is 38.0. The van der Waals surface area contributed by atoms with E-state index in [4.69, 9.17) is 42.2 Å². The predicted molar refractivity (Wildman–Crippen MR) is 365 cm³/mol. The maximum atomic E-state index is 14.3. The van der Waals surface area contributed by atoms with Crippen LogP contribution in [0.4, 0.5) is 0 Å². The number of ether oxygens (including phenoxy) is 7. The zero-order chi connectivity index (χ0) is 71.1. The second-order valence-electron chi connectivity index (χ2n) is 27.4. The highest BCUT2D eigenvalue weighted by atomic mass is 31.2.